The number of amides is 3. The minimum atomic E-state index is -1.14. The van der Waals surface area contributed by atoms with Crippen molar-refractivity contribution in [2.75, 3.05) is 0 Å². The second-order valence-corrected chi connectivity index (χ2v) is 7.50. The summed E-state index contributed by atoms with van der Waals surface area (Å²) in [4.78, 5) is 26.8. The number of nitrogens with zero attached hydrogens (tertiary/aromatic N) is 3. The van der Waals surface area contributed by atoms with Crippen molar-refractivity contribution in [2.45, 2.75) is 19.0 Å². The van der Waals surface area contributed by atoms with Crippen LogP contribution in [0.4, 0.5) is 4.79 Å². The van der Waals surface area contributed by atoms with Gasteiger partial charge >= 0.3 is 6.03 Å². The maximum Gasteiger partial charge on any atom is 0.325 e. The van der Waals surface area contributed by atoms with Gasteiger partial charge in [0.05, 0.1) is 17.6 Å². The molecule has 1 aromatic carbocycles. The SMILES string of the molecule is CC1(c2ccc(Br)cc2)NC(=O)N(Cc2cn3ccccc3c2C#N)C1=O. The summed E-state index contributed by atoms with van der Waals surface area (Å²) in [5.74, 6) is -0.339. The first-order chi connectivity index (χ1) is 12.9. The molecule has 0 saturated carbocycles. The number of nitriles is 1. The molecule has 2 aromatic heterocycles. The van der Waals surface area contributed by atoms with Gasteiger partial charge in [-0.3, -0.25) is 9.69 Å². The molecule has 1 fully saturated rings. The lowest BCUT2D eigenvalue weighted by molar-refractivity contribution is -0.131. The molecule has 1 aliphatic heterocycles. The summed E-state index contributed by atoms with van der Waals surface area (Å²) in [6, 6.07) is 14.5. The minimum absolute atomic E-state index is 0.0430. The van der Waals surface area contributed by atoms with Crippen LogP contribution in [0, 0.1) is 11.3 Å². The molecule has 27 heavy (non-hydrogen) atoms. The van der Waals surface area contributed by atoms with Crippen molar-refractivity contribution < 1.29 is 9.59 Å². The molecule has 1 atom stereocenters. The number of nitrogens with one attached hydrogen (secondary N) is 1. The summed E-state index contributed by atoms with van der Waals surface area (Å²) >= 11 is 3.37. The summed E-state index contributed by atoms with van der Waals surface area (Å²) in [5.41, 5.74) is 1.41. The van der Waals surface area contributed by atoms with Crippen molar-refractivity contribution in [2.24, 2.45) is 0 Å². The molecule has 134 valence electrons. The molecule has 0 spiro atoms. The minimum Gasteiger partial charge on any atom is -0.322 e. The van der Waals surface area contributed by atoms with Crippen LogP contribution in [-0.4, -0.2) is 21.2 Å². The van der Waals surface area contributed by atoms with E-state index in [0.717, 1.165) is 14.9 Å². The number of imide groups is 1. The monoisotopic (exact) mass is 422 g/mol. The van der Waals surface area contributed by atoms with Crippen LogP contribution in [0.25, 0.3) is 5.52 Å². The van der Waals surface area contributed by atoms with E-state index in [-0.39, 0.29) is 12.5 Å². The van der Waals surface area contributed by atoms with Gasteiger partial charge in [0.15, 0.2) is 0 Å². The summed E-state index contributed by atoms with van der Waals surface area (Å²) in [6.07, 6.45) is 3.61. The molecule has 1 aliphatic rings. The van der Waals surface area contributed by atoms with Crippen molar-refractivity contribution >= 4 is 33.4 Å². The van der Waals surface area contributed by atoms with Crippen LogP contribution >= 0.6 is 15.9 Å². The molecule has 1 unspecified atom stereocenters. The maximum absolute atomic E-state index is 13.1. The molecular formula is C20H15BrN4O2. The molecule has 4 rings (SSSR count). The first-order valence-electron chi connectivity index (χ1n) is 8.33. The lowest BCUT2D eigenvalue weighted by Crippen LogP contribution is -2.40. The number of urea groups is 1. The van der Waals surface area contributed by atoms with E-state index < -0.39 is 11.6 Å². The second kappa shape index (κ2) is 6.25. The summed E-state index contributed by atoms with van der Waals surface area (Å²) in [7, 11) is 0. The summed E-state index contributed by atoms with van der Waals surface area (Å²) < 4.78 is 2.71. The van der Waals surface area contributed by atoms with Gasteiger partial charge in [-0.2, -0.15) is 5.26 Å². The Morgan fingerprint density at radius 2 is 1.93 bits per heavy atom. The van der Waals surface area contributed by atoms with Crippen LogP contribution in [0.15, 0.2) is 59.3 Å². The third-order valence-corrected chi connectivity index (χ3v) is 5.43. The van der Waals surface area contributed by atoms with Crippen molar-refractivity contribution in [3.8, 4) is 6.07 Å². The molecule has 1 saturated heterocycles. The van der Waals surface area contributed by atoms with Crippen LogP contribution in [0.3, 0.4) is 0 Å². The molecule has 1 N–H and O–H groups in total. The van der Waals surface area contributed by atoms with Crippen molar-refractivity contribution in [3.63, 3.8) is 0 Å². The van der Waals surface area contributed by atoms with Crippen LogP contribution in [-0.2, 0) is 16.9 Å². The highest BCUT2D eigenvalue weighted by molar-refractivity contribution is 9.10. The van der Waals surface area contributed by atoms with E-state index in [4.69, 9.17) is 0 Å². The number of hydrogen-bond donors (Lipinski definition) is 1. The number of carbonyl (C=O) groups excluding carboxylic acids is 2. The van der Waals surface area contributed by atoms with Crippen molar-refractivity contribution in [1.29, 1.82) is 5.26 Å². The molecule has 3 amide bonds. The van der Waals surface area contributed by atoms with Crippen molar-refractivity contribution in [3.05, 3.63) is 76.0 Å². The number of benzene rings is 1. The van der Waals surface area contributed by atoms with E-state index in [1.807, 2.05) is 40.9 Å². The third-order valence-electron chi connectivity index (χ3n) is 4.90. The van der Waals surface area contributed by atoms with E-state index in [0.29, 0.717) is 16.7 Å². The average molecular weight is 423 g/mol. The number of carbonyl (C=O) groups is 2. The van der Waals surface area contributed by atoms with E-state index in [1.165, 1.54) is 0 Å². The van der Waals surface area contributed by atoms with E-state index in [9.17, 15) is 14.9 Å². The number of rotatable bonds is 3. The topological polar surface area (TPSA) is 77.6 Å². The first kappa shape index (κ1) is 17.3. The third kappa shape index (κ3) is 2.69. The van der Waals surface area contributed by atoms with Crippen LogP contribution < -0.4 is 5.32 Å². The molecule has 0 radical (unpaired) electrons. The Bertz CT molecular complexity index is 1110. The largest absolute Gasteiger partial charge is 0.325 e. The fourth-order valence-corrected chi connectivity index (χ4v) is 3.68. The quantitative estimate of drug-likeness (QED) is 0.655. The fraction of sp³-hybridized carbons (Fsp3) is 0.150. The molecule has 7 heteroatoms. The van der Waals surface area contributed by atoms with Crippen LogP contribution in [0.1, 0.15) is 23.6 Å². The lowest BCUT2D eigenvalue weighted by atomic mass is 9.92. The molecule has 3 heterocycles. The number of fused-ring (bicyclic) bond motifs is 1. The second-order valence-electron chi connectivity index (χ2n) is 6.59. The number of hydrogen-bond acceptors (Lipinski definition) is 3. The molecule has 6 nitrogen and oxygen atoms in total. The summed E-state index contributed by atoms with van der Waals surface area (Å²) in [6.45, 7) is 1.74. The average Bonchev–Trinajstić information content (AvgIpc) is 3.12. The number of halogens is 1. The Balaban J connectivity index is 1.70. The van der Waals surface area contributed by atoms with E-state index in [1.54, 1.807) is 25.3 Å². The van der Waals surface area contributed by atoms with Crippen molar-refractivity contribution in [1.82, 2.24) is 14.6 Å². The predicted octanol–water partition coefficient (Wildman–Crippen LogP) is 3.54. The Labute approximate surface area is 164 Å². The van der Waals surface area contributed by atoms with Gasteiger partial charge < -0.3 is 9.72 Å². The molecular weight excluding hydrogens is 408 g/mol. The zero-order valence-corrected chi connectivity index (χ0v) is 16.0. The number of aromatic nitrogens is 1. The first-order valence-corrected chi connectivity index (χ1v) is 9.12. The van der Waals surface area contributed by atoms with Gasteiger partial charge in [0.1, 0.15) is 11.6 Å². The zero-order valence-electron chi connectivity index (χ0n) is 14.4. The Hall–Kier alpha value is -3.11. The highest BCUT2D eigenvalue weighted by Crippen LogP contribution is 2.31. The van der Waals surface area contributed by atoms with Crippen LogP contribution in [0.5, 0.6) is 0 Å². The van der Waals surface area contributed by atoms with Gasteiger partial charge in [-0.05, 0) is 36.8 Å². The van der Waals surface area contributed by atoms with Gasteiger partial charge in [0.25, 0.3) is 5.91 Å². The number of pyridine rings is 1. The van der Waals surface area contributed by atoms with Gasteiger partial charge in [-0.25, -0.2) is 4.79 Å². The van der Waals surface area contributed by atoms with Gasteiger partial charge in [-0.1, -0.05) is 34.1 Å². The summed E-state index contributed by atoms with van der Waals surface area (Å²) in [5, 5.41) is 12.3. The highest BCUT2D eigenvalue weighted by atomic mass is 79.9. The standard InChI is InChI=1S/C20H15BrN4O2/c1-20(14-5-7-15(21)8-6-14)18(26)25(19(27)23-20)12-13-11-24-9-3-2-4-17(24)16(13)10-22/h2-9,11H,12H2,1H3,(H,23,27). The van der Waals surface area contributed by atoms with Gasteiger partial charge in [-0.15, -0.1) is 0 Å². The Morgan fingerprint density at radius 1 is 1.19 bits per heavy atom. The Morgan fingerprint density at radius 3 is 2.63 bits per heavy atom. The van der Waals surface area contributed by atoms with E-state index >= 15 is 0 Å². The van der Waals surface area contributed by atoms with Crippen LogP contribution in [0.2, 0.25) is 0 Å². The molecule has 3 aromatic rings. The maximum atomic E-state index is 13.1. The molecule has 0 bridgehead atoms. The smallest absolute Gasteiger partial charge is 0.322 e. The fourth-order valence-electron chi connectivity index (χ4n) is 3.42. The predicted molar refractivity (Wildman–Crippen MR) is 103 cm³/mol. The van der Waals surface area contributed by atoms with E-state index in [2.05, 4.69) is 27.3 Å². The molecule has 0 aliphatic carbocycles. The highest BCUT2D eigenvalue weighted by Gasteiger charge is 2.49. The van der Waals surface area contributed by atoms with Gasteiger partial charge in [0.2, 0.25) is 0 Å². The van der Waals surface area contributed by atoms with Gasteiger partial charge in [0, 0.05) is 22.4 Å². The zero-order chi connectivity index (χ0) is 19.2. The normalized spacial score (nSPS) is 19.4. The lowest BCUT2D eigenvalue weighted by Gasteiger charge is -2.22. The Kier molecular flexibility index (Phi) is 4.01.